The molecule has 222 valence electrons. The Bertz CT molecular complexity index is 1200. The van der Waals surface area contributed by atoms with Crippen molar-refractivity contribution in [3.05, 3.63) is 23.8 Å². The number of thioether (sulfide) groups is 1. The number of halogens is 3. The first-order valence-electron chi connectivity index (χ1n) is 14.3. The number of hydrogen-bond donors (Lipinski definition) is 1. The Morgan fingerprint density at radius 2 is 1.73 bits per heavy atom. The third-order valence-electron chi connectivity index (χ3n) is 12.6. The van der Waals surface area contributed by atoms with Crippen LogP contribution in [0.5, 0.6) is 0 Å². The molecule has 4 fully saturated rings. The van der Waals surface area contributed by atoms with Crippen LogP contribution in [0.2, 0.25) is 0 Å². The fourth-order valence-corrected chi connectivity index (χ4v) is 10.4. The van der Waals surface area contributed by atoms with Gasteiger partial charge in [-0.3, -0.25) is 14.4 Å². The summed E-state index contributed by atoms with van der Waals surface area (Å²) in [5.41, 5.74) is -7.14. The second-order valence-corrected chi connectivity index (χ2v) is 15.3. The topological polar surface area (TPSA) is 80.7 Å². The molecule has 1 N–H and O–H groups in total. The van der Waals surface area contributed by atoms with E-state index in [1.54, 1.807) is 13.8 Å². The van der Waals surface area contributed by atoms with Crippen molar-refractivity contribution in [1.82, 2.24) is 0 Å². The van der Waals surface area contributed by atoms with Gasteiger partial charge in [-0.05, 0) is 78.3 Å². The number of rotatable bonds is 5. The van der Waals surface area contributed by atoms with Crippen LogP contribution in [0.3, 0.4) is 0 Å². The van der Waals surface area contributed by atoms with E-state index in [1.165, 1.54) is 19.1 Å². The molecule has 4 saturated carbocycles. The predicted octanol–water partition coefficient (Wildman–Crippen LogP) is 6.09. The van der Waals surface area contributed by atoms with E-state index in [9.17, 15) is 23.9 Å². The van der Waals surface area contributed by atoms with Gasteiger partial charge in [0.1, 0.15) is 12.2 Å². The standard InChI is InChI=1S/C31H41F3O5S/c1-16-10-18-19-12-21(33)20-11-17(35)8-9-28(20,6)30(19,34)23(36)14-29(18,7)31(16,25(38)40-15-32)39-24(37)13-22-26(2,3)27(22,4)5/h8-9,11,16,18-19,21-23,36H,10,12-15H2,1-7H3/t16-,18+,19+,21+,23+,28+,29+,30+,31+/m1/s1. The van der Waals surface area contributed by atoms with E-state index in [-0.39, 0.29) is 48.0 Å². The van der Waals surface area contributed by atoms with Gasteiger partial charge >= 0.3 is 5.97 Å². The highest BCUT2D eigenvalue weighted by molar-refractivity contribution is 8.13. The summed E-state index contributed by atoms with van der Waals surface area (Å²) >= 11 is 0.419. The number of ether oxygens (including phenoxy) is 1. The van der Waals surface area contributed by atoms with Crippen LogP contribution >= 0.6 is 11.8 Å². The summed E-state index contributed by atoms with van der Waals surface area (Å²) in [5.74, 6) is -3.24. The first kappa shape index (κ1) is 29.9. The van der Waals surface area contributed by atoms with Crippen molar-refractivity contribution in [2.24, 2.45) is 45.3 Å². The second kappa shape index (κ2) is 8.95. The van der Waals surface area contributed by atoms with Crippen molar-refractivity contribution < 1.29 is 37.4 Å². The molecule has 0 saturated heterocycles. The molecule has 0 bridgehead atoms. The first-order chi connectivity index (χ1) is 18.4. The van der Waals surface area contributed by atoms with Crippen LogP contribution in [0.4, 0.5) is 13.2 Å². The molecule has 0 aliphatic heterocycles. The van der Waals surface area contributed by atoms with Crippen LogP contribution in [-0.2, 0) is 19.1 Å². The molecule has 5 aliphatic rings. The maximum Gasteiger partial charge on any atom is 0.307 e. The van der Waals surface area contributed by atoms with Crippen LogP contribution in [0, 0.1) is 45.3 Å². The minimum absolute atomic E-state index is 0.0175. The highest BCUT2D eigenvalue weighted by atomic mass is 32.2. The van der Waals surface area contributed by atoms with Gasteiger partial charge in [-0.1, -0.05) is 47.6 Å². The molecular formula is C31H41F3O5S. The van der Waals surface area contributed by atoms with E-state index in [1.807, 2.05) is 0 Å². The van der Waals surface area contributed by atoms with Gasteiger partial charge in [-0.15, -0.1) is 0 Å². The average Bonchev–Trinajstić information content (AvgIpc) is 3.11. The number of ketones is 1. The van der Waals surface area contributed by atoms with E-state index >= 15 is 8.78 Å². The summed E-state index contributed by atoms with van der Waals surface area (Å²) in [7, 11) is 0. The summed E-state index contributed by atoms with van der Waals surface area (Å²) < 4.78 is 53.1. The Morgan fingerprint density at radius 3 is 2.30 bits per heavy atom. The molecule has 0 aromatic carbocycles. The van der Waals surface area contributed by atoms with E-state index < -0.39 is 75.0 Å². The Morgan fingerprint density at radius 1 is 1.10 bits per heavy atom. The number of fused-ring (bicyclic) bond motifs is 5. The predicted molar refractivity (Wildman–Crippen MR) is 146 cm³/mol. The molecule has 0 aromatic rings. The maximum atomic E-state index is 17.5. The SMILES string of the molecule is C[C@@H]1C[C@H]2[C@@H]3C[C@H](F)C4=CC(=O)C=C[C@]4(C)[C@@]3(F)[C@@H](O)C[C@]2(C)[C@@]1(OC(=O)CC1C(C)(C)C1(C)C)C(=O)SCF. The van der Waals surface area contributed by atoms with Crippen molar-refractivity contribution in [3.8, 4) is 0 Å². The zero-order valence-corrected chi connectivity index (χ0v) is 25.2. The molecule has 9 atom stereocenters. The van der Waals surface area contributed by atoms with Gasteiger partial charge in [0.25, 0.3) is 0 Å². The quantitative estimate of drug-likeness (QED) is 0.395. The Balaban J connectivity index is 1.56. The highest BCUT2D eigenvalue weighted by Gasteiger charge is 2.78. The van der Waals surface area contributed by atoms with Gasteiger partial charge < -0.3 is 9.84 Å². The minimum Gasteiger partial charge on any atom is -0.449 e. The van der Waals surface area contributed by atoms with Crippen molar-refractivity contribution in [2.45, 2.75) is 97.7 Å². The summed E-state index contributed by atoms with van der Waals surface area (Å²) in [4.78, 5) is 39.4. The van der Waals surface area contributed by atoms with E-state index in [0.29, 0.717) is 11.8 Å². The molecule has 0 radical (unpaired) electrons. The lowest BCUT2D eigenvalue weighted by Gasteiger charge is -2.63. The molecule has 0 heterocycles. The van der Waals surface area contributed by atoms with Gasteiger partial charge in [0.15, 0.2) is 17.1 Å². The van der Waals surface area contributed by atoms with Crippen LogP contribution in [0.25, 0.3) is 0 Å². The number of aliphatic hydroxyl groups excluding tert-OH is 1. The number of esters is 1. The van der Waals surface area contributed by atoms with E-state index in [0.717, 1.165) is 6.08 Å². The van der Waals surface area contributed by atoms with E-state index in [4.69, 9.17) is 4.74 Å². The first-order valence-corrected chi connectivity index (χ1v) is 15.3. The Labute approximate surface area is 238 Å². The lowest BCUT2D eigenvalue weighted by molar-refractivity contribution is -0.228. The lowest BCUT2D eigenvalue weighted by Crippen LogP contribution is -2.70. The van der Waals surface area contributed by atoms with Gasteiger partial charge in [0.05, 0.1) is 6.10 Å². The van der Waals surface area contributed by atoms with Gasteiger partial charge in [-0.25, -0.2) is 13.2 Å². The lowest BCUT2D eigenvalue weighted by atomic mass is 9.44. The Hall–Kier alpha value is -1.61. The van der Waals surface area contributed by atoms with E-state index in [2.05, 4.69) is 27.7 Å². The largest absolute Gasteiger partial charge is 0.449 e. The number of alkyl halides is 3. The van der Waals surface area contributed by atoms with Gasteiger partial charge in [0.2, 0.25) is 5.12 Å². The van der Waals surface area contributed by atoms with Crippen LogP contribution in [-0.4, -0.2) is 51.5 Å². The molecule has 0 amide bonds. The normalized spacial score (nSPS) is 46.6. The van der Waals surface area contributed by atoms with Crippen LogP contribution in [0.1, 0.15) is 74.1 Å². The molecule has 40 heavy (non-hydrogen) atoms. The van der Waals surface area contributed by atoms with Crippen LogP contribution < -0.4 is 0 Å². The van der Waals surface area contributed by atoms with Crippen molar-refractivity contribution >= 4 is 28.6 Å². The zero-order valence-electron chi connectivity index (χ0n) is 24.4. The smallest absolute Gasteiger partial charge is 0.307 e. The van der Waals surface area contributed by atoms with Crippen molar-refractivity contribution in [1.29, 1.82) is 0 Å². The third kappa shape index (κ3) is 3.48. The fraction of sp³-hybridized carbons (Fsp3) is 0.774. The molecule has 5 rings (SSSR count). The van der Waals surface area contributed by atoms with Gasteiger partial charge in [0, 0.05) is 29.1 Å². The third-order valence-corrected chi connectivity index (χ3v) is 13.3. The number of carbonyl (C=O) groups excluding carboxylic acids is 3. The van der Waals surface area contributed by atoms with Crippen LogP contribution in [0.15, 0.2) is 23.8 Å². The van der Waals surface area contributed by atoms with Crippen molar-refractivity contribution in [2.75, 3.05) is 6.01 Å². The molecule has 5 aliphatic carbocycles. The number of allylic oxidation sites excluding steroid dienone is 4. The second-order valence-electron chi connectivity index (χ2n) is 14.4. The summed E-state index contributed by atoms with van der Waals surface area (Å²) in [6, 6.07) is -1.02. The van der Waals surface area contributed by atoms with Crippen molar-refractivity contribution in [3.63, 3.8) is 0 Å². The highest BCUT2D eigenvalue weighted by Crippen LogP contribution is 2.73. The molecular weight excluding hydrogens is 541 g/mol. The monoisotopic (exact) mass is 582 g/mol. The fourth-order valence-electron chi connectivity index (χ4n) is 9.61. The zero-order chi connectivity index (χ0) is 29.8. The summed E-state index contributed by atoms with van der Waals surface area (Å²) in [6.45, 7) is 13.3. The number of aliphatic hydroxyl groups is 1. The summed E-state index contributed by atoms with van der Waals surface area (Å²) in [5, 5.41) is 11.0. The number of carbonyl (C=O) groups is 3. The maximum absolute atomic E-state index is 17.5. The molecule has 9 heteroatoms. The van der Waals surface area contributed by atoms with Gasteiger partial charge in [-0.2, -0.15) is 0 Å². The molecule has 0 spiro atoms. The summed E-state index contributed by atoms with van der Waals surface area (Å²) in [6.07, 6.45) is 0.265. The molecule has 0 aromatic heterocycles. The number of hydrogen-bond acceptors (Lipinski definition) is 6. The molecule has 5 nitrogen and oxygen atoms in total. The molecule has 0 unspecified atom stereocenters. The minimum atomic E-state index is -2.32. The Kier molecular flexibility index (Phi) is 6.68. The average molecular weight is 583 g/mol.